The molecule has 4 rings (SSSR count). The van der Waals surface area contributed by atoms with Crippen molar-refractivity contribution in [1.29, 1.82) is 0 Å². The molecule has 0 aliphatic carbocycles. The molecule has 0 saturated carbocycles. The molecule has 0 spiro atoms. The third-order valence-corrected chi connectivity index (χ3v) is 5.71. The molecule has 28 heavy (non-hydrogen) atoms. The zero-order valence-electron chi connectivity index (χ0n) is 16.1. The molecule has 1 unspecified atom stereocenters. The van der Waals surface area contributed by atoms with E-state index < -0.39 is 0 Å². The highest BCUT2D eigenvalue weighted by molar-refractivity contribution is 9.10. The van der Waals surface area contributed by atoms with Crippen molar-refractivity contribution in [2.45, 2.75) is 19.0 Å². The predicted molar refractivity (Wildman–Crippen MR) is 113 cm³/mol. The molecular weight excluding hydrogens is 422 g/mol. The number of nitrogens with zero attached hydrogens (tertiary/aromatic N) is 4. The highest BCUT2D eigenvalue weighted by Crippen LogP contribution is 2.26. The second-order valence-electron chi connectivity index (χ2n) is 7.16. The number of nitrogens with one attached hydrogen (secondary N) is 1. The van der Waals surface area contributed by atoms with Crippen molar-refractivity contribution in [2.24, 2.45) is 0 Å². The van der Waals surface area contributed by atoms with Gasteiger partial charge in [-0.25, -0.2) is 4.98 Å². The van der Waals surface area contributed by atoms with Crippen LogP contribution in [-0.2, 0) is 11.3 Å². The standard InChI is InChI=1S/C20H26BrN5O2/c1-27-18-3-2-16(21)12-15(18)13-25-7-5-17(14-25)23-20-22-6-4-19(24-20)26-8-10-28-11-9-26/h2-4,6,12,17H,5,7-11,13-14H2,1H3,(H,22,23,24). The first-order valence-corrected chi connectivity index (χ1v) is 10.5. The van der Waals surface area contributed by atoms with Gasteiger partial charge in [0.05, 0.1) is 20.3 Å². The number of benzene rings is 1. The summed E-state index contributed by atoms with van der Waals surface area (Å²) in [6, 6.07) is 8.47. The summed E-state index contributed by atoms with van der Waals surface area (Å²) < 4.78 is 12.0. The zero-order chi connectivity index (χ0) is 19.3. The lowest BCUT2D eigenvalue weighted by Crippen LogP contribution is -2.37. The molecule has 1 aromatic carbocycles. The Morgan fingerprint density at radius 3 is 2.93 bits per heavy atom. The number of hydrogen-bond acceptors (Lipinski definition) is 7. The maximum Gasteiger partial charge on any atom is 0.224 e. The van der Waals surface area contributed by atoms with E-state index >= 15 is 0 Å². The summed E-state index contributed by atoms with van der Waals surface area (Å²) in [4.78, 5) is 13.8. The molecule has 7 nitrogen and oxygen atoms in total. The highest BCUT2D eigenvalue weighted by Gasteiger charge is 2.24. The molecule has 1 aromatic heterocycles. The molecule has 0 amide bonds. The molecule has 1 atom stereocenters. The number of anilines is 2. The largest absolute Gasteiger partial charge is 0.496 e. The summed E-state index contributed by atoms with van der Waals surface area (Å²) in [5, 5.41) is 3.51. The lowest BCUT2D eigenvalue weighted by atomic mass is 10.2. The minimum atomic E-state index is 0.345. The van der Waals surface area contributed by atoms with Gasteiger partial charge < -0.3 is 19.7 Å². The predicted octanol–water partition coefficient (Wildman–Crippen LogP) is 2.77. The molecule has 2 aliphatic rings. The molecular formula is C20H26BrN5O2. The van der Waals surface area contributed by atoms with Crippen molar-refractivity contribution in [3.05, 3.63) is 40.5 Å². The quantitative estimate of drug-likeness (QED) is 0.729. The Morgan fingerprint density at radius 1 is 1.25 bits per heavy atom. The van der Waals surface area contributed by atoms with Crippen molar-refractivity contribution in [2.75, 3.05) is 56.7 Å². The summed E-state index contributed by atoms with van der Waals surface area (Å²) in [5.74, 6) is 2.60. The summed E-state index contributed by atoms with van der Waals surface area (Å²) in [5.41, 5.74) is 1.20. The van der Waals surface area contributed by atoms with Crippen LogP contribution in [0.25, 0.3) is 0 Å². The van der Waals surface area contributed by atoms with Gasteiger partial charge in [-0.2, -0.15) is 4.98 Å². The van der Waals surface area contributed by atoms with Gasteiger partial charge in [-0.05, 0) is 30.7 Å². The maximum atomic E-state index is 5.51. The molecule has 1 N–H and O–H groups in total. The fourth-order valence-corrected chi connectivity index (χ4v) is 4.18. The Kier molecular flexibility index (Phi) is 6.29. The average molecular weight is 448 g/mol. The van der Waals surface area contributed by atoms with Crippen LogP contribution in [0.1, 0.15) is 12.0 Å². The van der Waals surface area contributed by atoms with Crippen molar-refractivity contribution in [3.8, 4) is 5.75 Å². The first-order valence-electron chi connectivity index (χ1n) is 9.68. The van der Waals surface area contributed by atoms with Crippen molar-refractivity contribution >= 4 is 27.7 Å². The van der Waals surface area contributed by atoms with Crippen LogP contribution in [0, 0.1) is 0 Å². The van der Waals surface area contributed by atoms with Crippen LogP contribution in [-0.4, -0.2) is 67.4 Å². The number of ether oxygens (including phenoxy) is 2. The minimum absolute atomic E-state index is 0.345. The second-order valence-corrected chi connectivity index (χ2v) is 8.07. The Balaban J connectivity index is 1.35. The van der Waals surface area contributed by atoms with Gasteiger partial charge in [0.1, 0.15) is 11.6 Å². The van der Waals surface area contributed by atoms with E-state index in [0.29, 0.717) is 12.0 Å². The van der Waals surface area contributed by atoms with Crippen LogP contribution < -0.4 is 15.0 Å². The van der Waals surface area contributed by atoms with E-state index in [1.165, 1.54) is 5.56 Å². The molecule has 0 radical (unpaired) electrons. The zero-order valence-corrected chi connectivity index (χ0v) is 17.7. The van der Waals surface area contributed by atoms with Gasteiger partial charge in [-0.3, -0.25) is 4.90 Å². The van der Waals surface area contributed by atoms with E-state index in [2.05, 4.69) is 42.1 Å². The van der Waals surface area contributed by atoms with Crippen molar-refractivity contribution in [1.82, 2.24) is 14.9 Å². The Morgan fingerprint density at radius 2 is 2.11 bits per heavy atom. The summed E-state index contributed by atoms with van der Waals surface area (Å²) >= 11 is 3.56. The maximum absolute atomic E-state index is 5.51. The fourth-order valence-electron chi connectivity index (χ4n) is 3.78. The van der Waals surface area contributed by atoms with Gasteiger partial charge in [0.25, 0.3) is 0 Å². The number of morpholine rings is 1. The van der Waals surface area contributed by atoms with Crippen molar-refractivity contribution < 1.29 is 9.47 Å². The minimum Gasteiger partial charge on any atom is -0.496 e. The molecule has 2 aliphatic heterocycles. The first-order chi connectivity index (χ1) is 13.7. The summed E-state index contributed by atoms with van der Waals surface area (Å²) in [7, 11) is 1.72. The normalized spacial score (nSPS) is 20.4. The lowest BCUT2D eigenvalue weighted by molar-refractivity contribution is 0.122. The van der Waals surface area contributed by atoms with Crippen molar-refractivity contribution in [3.63, 3.8) is 0 Å². The molecule has 150 valence electrons. The molecule has 8 heteroatoms. The van der Waals surface area contributed by atoms with Gasteiger partial charge in [0, 0.05) is 55.0 Å². The van der Waals surface area contributed by atoms with E-state index in [9.17, 15) is 0 Å². The number of methoxy groups -OCH3 is 1. The fraction of sp³-hybridized carbons (Fsp3) is 0.500. The first kappa shape index (κ1) is 19.4. The van der Waals surface area contributed by atoms with E-state index in [1.807, 2.05) is 24.4 Å². The smallest absolute Gasteiger partial charge is 0.224 e. The monoisotopic (exact) mass is 447 g/mol. The summed E-state index contributed by atoms with van der Waals surface area (Å²) in [6.07, 6.45) is 2.90. The lowest BCUT2D eigenvalue weighted by Gasteiger charge is -2.28. The average Bonchev–Trinajstić information content (AvgIpc) is 3.16. The number of likely N-dealkylation sites (tertiary alicyclic amines) is 1. The van der Waals surface area contributed by atoms with Crippen LogP contribution >= 0.6 is 15.9 Å². The Labute approximate surface area is 174 Å². The SMILES string of the molecule is COc1ccc(Br)cc1CN1CCC(Nc2nccc(N3CCOCC3)n2)C1. The molecule has 0 bridgehead atoms. The van der Waals surface area contributed by atoms with Gasteiger partial charge in [-0.15, -0.1) is 0 Å². The third-order valence-electron chi connectivity index (χ3n) is 5.22. The van der Waals surface area contributed by atoms with Crippen LogP contribution in [0.3, 0.4) is 0 Å². The van der Waals surface area contributed by atoms with Gasteiger partial charge in [0.15, 0.2) is 0 Å². The topological polar surface area (TPSA) is 62.8 Å². The molecule has 2 fully saturated rings. The van der Waals surface area contributed by atoms with Crippen LogP contribution in [0.15, 0.2) is 34.9 Å². The second kappa shape index (κ2) is 9.07. The van der Waals surface area contributed by atoms with E-state index in [1.54, 1.807) is 7.11 Å². The number of aromatic nitrogens is 2. The van der Waals surface area contributed by atoms with E-state index in [-0.39, 0.29) is 0 Å². The van der Waals surface area contributed by atoms with Gasteiger partial charge in [0.2, 0.25) is 5.95 Å². The van der Waals surface area contributed by atoms with Crippen LogP contribution in [0.2, 0.25) is 0 Å². The van der Waals surface area contributed by atoms with E-state index in [0.717, 1.165) is 68.4 Å². The van der Waals surface area contributed by atoms with Gasteiger partial charge >= 0.3 is 0 Å². The van der Waals surface area contributed by atoms with E-state index in [4.69, 9.17) is 14.5 Å². The number of hydrogen-bond donors (Lipinski definition) is 1. The Hall–Kier alpha value is -1.90. The van der Waals surface area contributed by atoms with Crippen LogP contribution in [0.4, 0.5) is 11.8 Å². The Bertz CT molecular complexity index is 800. The number of rotatable bonds is 6. The van der Waals surface area contributed by atoms with Crippen LogP contribution in [0.5, 0.6) is 5.75 Å². The number of halogens is 1. The highest BCUT2D eigenvalue weighted by atomic mass is 79.9. The molecule has 2 saturated heterocycles. The summed E-state index contributed by atoms with van der Waals surface area (Å²) in [6.45, 7) is 6.13. The third kappa shape index (κ3) is 4.74. The van der Waals surface area contributed by atoms with Gasteiger partial charge in [-0.1, -0.05) is 15.9 Å². The molecule has 3 heterocycles. The molecule has 2 aromatic rings.